The van der Waals surface area contributed by atoms with E-state index in [0.29, 0.717) is 6.54 Å². The van der Waals surface area contributed by atoms with Gasteiger partial charge in [-0.3, -0.25) is 0 Å². The Morgan fingerprint density at radius 3 is 2.19 bits per heavy atom. The zero-order valence-electron chi connectivity index (χ0n) is 13.0. The van der Waals surface area contributed by atoms with Crippen molar-refractivity contribution in [3.8, 4) is 0 Å². The molecule has 0 atom stereocenters. The summed E-state index contributed by atoms with van der Waals surface area (Å²) in [6, 6.07) is 12.1. The van der Waals surface area contributed by atoms with Gasteiger partial charge >= 0.3 is 6.03 Å². The number of likely N-dealkylation sites (tertiary alicyclic amines) is 1. The van der Waals surface area contributed by atoms with Crippen LogP contribution in [0.25, 0.3) is 0 Å². The molecule has 1 aliphatic heterocycles. The van der Waals surface area contributed by atoms with Crippen LogP contribution >= 0.6 is 11.8 Å². The number of thioether (sulfide) groups is 1. The molecule has 1 aromatic rings. The van der Waals surface area contributed by atoms with Gasteiger partial charge in [0, 0.05) is 19.6 Å². The fraction of sp³-hybridized carbons (Fsp3) is 0.471. The molecule has 4 heteroatoms. The smallest absolute Gasteiger partial charge is 0.317 e. The summed E-state index contributed by atoms with van der Waals surface area (Å²) in [5.41, 5.74) is 0. The van der Waals surface area contributed by atoms with Crippen molar-refractivity contribution in [2.45, 2.75) is 19.8 Å². The number of carbonyl (C=O) groups is 1. The van der Waals surface area contributed by atoms with Gasteiger partial charge in [-0.1, -0.05) is 49.4 Å². The molecule has 2 rings (SSSR count). The van der Waals surface area contributed by atoms with E-state index in [2.05, 4.69) is 12.2 Å². The molecule has 1 saturated heterocycles. The van der Waals surface area contributed by atoms with Gasteiger partial charge in [-0.25, -0.2) is 4.79 Å². The predicted octanol–water partition coefficient (Wildman–Crippen LogP) is 3.99. The Bertz CT molecular complexity index is 374. The van der Waals surface area contributed by atoms with Gasteiger partial charge in [0.15, 0.2) is 0 Å². The van der Waals surface area contributed by atoms with Gasteiger partial charge in [-0.05, 0) is 30.4 Å². The summed E-state index contributed by atoms with van der Waals surface area (Å²) in [4.78, 5) is 13.6. The predicted molar refractivity (Wildman–Crippen MR) is 92.5 cm³/mol. The standard InChI is InChI=1S/C11H20N2OS.C6H6/c1-10-4-7-13(8-5-10)11(14)12-6-3-9-15-2;1-2-4-6-5-3-1/h3,9-10H,4-8H2,1-2H3,(H,12,14);1-6H/b9-3+;. The lowest BCUT2D eigenvalue weighted by molar-refractivity contribution is 0.175. The Hall–Kier alpha value is -1.42. The minimum Gasteiger partial charge on any atom is -0.334 e. The molecule has 1 aliphatic rings. The van der Waals surface area contributed by atoms with Crippen LogP contribution in [0, 0.1) is 5.92 Å². The first kappa shape index (κ1) is 17.6. The lowest BCUT2D eigenvalue weighted by Gasteiger charge is -2.30. The van der Waals surface area contributed by atoms with Crippen LogP contribution in [0.15, 0.2) is 47.9 Å². The van der Waals surface area contributed by atoms with E-state index in [0.717, 1.165) is 31.8 Å². The van der Waals surface area contributed by atoms with E-state index >= 15 is 0 Å². The van der Waals surface area contributed by atoms with Gasteiger partial charge in [0.2, 0.25) is 0 Å². The van der Waals surface area contributed by atoms with Crippen molar-refractivity contribution in [2.24, 2.45) is 5.92 Å². The van der Waals surface area contributed by atoms with Crippen LogP contribution in [-0.2, 0) is 0 Å². The van der Waals surface area contributed by atoms with Crippen LogP contribution in [0.3, 0.4) is 0 Å². The number of nitrogens with one attached hydrogen (secondary N) is 1. The van der Waals surface area contributed by atoms with Crippen molar-refractivity contribution in [3.63, 3.8) is 0 Å². The number of piperidine rings is 1. The number of carbonyl (C=O) groups excluding carboxylic acids is 1. The molecule has 0 saturated carbocycles. The fourth-order valence-electron chi connectivity index (χ4n) is 2.00. The highest BCUT2D eigenvalue weighted by Crippen LogP contribution is 2.15. The SMILES string of the molecule is CS/C=C/CNC(=O)N1CCC(C)CC1.c1ccccc1. The van der Waals surface area contributed by atoms with E-state index in [4.69, 9.17) is 0 Å². The molecule has 0 aliphatic carbocycles. The molecular weight excluding hydrogens is 280 g/mol. The maximum Gasteiger partial charge on any atom is 0.317 e. The van der Waals surface area contributed by atoms with E-state index in [-0.39, 0.29) is 6.03 Å². The van der Waals surface area contributed by atoms with Gasteiger partial charge in [-0.15, -0.1) is 11.8 Å². The molecule has 0 spiro atoms. The molecule has 21 heavy (non-hydrogen) atoms. The first-order valence-electron chi connectivity index (χ1n) is 7.44. The van der Waals surface area contributed by atoms with Gasteiger partial charge in [0.25, 0.3) is 0 Å². The molecule has 1 aromatic carbocycles. The first-order valence-corrected chi connectivity index (χ1v) is 8.73. The first-order chi connectivity index (χ1) is 10.2. The summed E-state index contributed by atoms with van der Waals surface area (Å²) >= 11 is 1.64. The summed E-state index contributed by atoms with van der Waals surface area (Å²) in [6.45, 7) is 4.68. The summed E-state index contributed by atoms with van der Waals surface area (Å²) in [7, 11) is 0. The third-order valence-electron chi connectivity index (χ3n) is 3.34. The molecule has 0 radical (unpaired) electrons. The number of rotatable bonds is 3. The van der Waals surface area contributed by atoms with E-state index in [1.54, 1.807) is 11.8 Å². The maximum atomic E-state index is 11.6. The van der Waals surface area contributed by atoms with Crippen molar-refractivity contribution in [1.29, 1.82) is 0 Å². The molecule has 1 N–H and O–H groups in total. The van der Waals surface area contributed by atoms with Crippen molar-refractivity contribution in [2.75, 3.05) is 25.9 Å². The van der Waals surface area contributed by atoms with Crippen LogP contribution in [0.1, 0.15) is 19.8 Å². The molecule has 3 nitrogen and oxygen atoms in total. The largest absolute Gasteiger partial charge is 0.334 e. The van der Waals surface area contributed by atoms with Crippen LogP contribution in [0.4, 0.5) is 4.79 Å². The third kappa shape index (κ3) is 8.45. The van der Waals surface area contributed by atoms with E-state index < -0.39 is 0 Å². The average Bonchev–Trinajstić information content (AvgIpc) is 2.54. The Morgan fingerprint density at radius 1 is 1.19 bits per heavy atom. The normalized spacial score (nSPS) is 15.4. The second-order valence-electron chi connectivity index (χ2n) is 5.12. The molecule has 0 aromatic heterocycles. The molecule has 2 amide bonds. The fourth-order valence-corrected chi connectivity index (χ4v) is 2.29. The minimum atomic E-state index is 0.0765. The summed E-state index contributed by atoms with van der Waals surface area (Å²) < 4.78 is 0. The highest BCUT2D eigenvalue weighted by Gasteiger charge is 2.19. The second kappa shape index (κ2) is 11.3. The summed E-state index contributed by atoms with van der Waals surface area (Å²) in [5.74, 6) is 0.769. The monoisotopic (exact) mass is 306 g/mol. The van der Waals surface area contributed by atoms with Crippen molar-refractivity contribution < 1.29 is 4.79 Å². The number of nitrogens with zero attached hydrogens (tertiary/aromatic N) is 1. The maximum absolute atomic E-state index is 11.6. The molecule has 0 bridgehead atoms. The Kier molecular flexibility index (Phi) is 9.46. The van der Waals surface area contributed by atoms with Gasteiger partial charge < -0.3 is 10.2 Å². The van der Waals surface area contributed by atoms with E-state index in [1.807, 2.05) is 59.0 Å². The molecular formula is C17H26N2OS. The third-order valence-corrected chi connectivity index (χ3v) is 3.81. The Balaban J connectivity index is 0.000000304. The van der Waals surface area contributed by atoms with Crippen LogP contribution in [0.5, 0.6) is 0 Å². The van der Waals surface area contributed by atoms with Crippen LogP contribution < -0.4 is 5.32 Å². The zero-order valence-corrected chi connectivity index (χ0v) is 13.8. The lowest BCUT2D eigenvalue weighted by atomic mass is 10.00. The van der Waals surface area contributed by atoms with E-state index in [1.165, 1.54) is 0 Å². The van der Waals surface area contributed by atoms with Gasteiger partial charge in [0.05, 0.1) is 0 Å². The minimum absolute atomic E-state index is 0.0765. The molecule has 1 heterocycles. The number of urea groups is 1. The Morgan fingerprint density at radius 2 is 1.71 bits per heavy atom. The van der Waals surface area contributed by atoms with Crippen molar-refractivity contribution in [1.82, 2.24) is 10.2 Å². The number of hydrogen-bond acceptors (Lipinski definition) is 2. The van der Waals surface area contributed by atoms with Gasteiger partial charge in [0.1, 0.15) is 0 Å². The highest BCUT2D eigenvalue weighted by molar-refractivity contribution is 8.01. The van der Waals surface area contributed by atoms with Crippen molar-refractivity contribution in [3.05, 3.63) is 47.9 Å². The summed E-state index contributed by atoms with van der Waals surface area (Å²) in [5, 5.41) is 4.87. The van der Waals surface area contributed by atoms with E-state index in [9.17, 15) is 4.79 Å². The number of amides is 2. The second-order valence-corrected chi connectivity index (χ2v) is 5.86. The van der Waals surface area contributed by atoms with Crippen molar-refractivity contribution >= 4 is 17.8 Å². The average molecular weight is 306 g/mol. The summed E-state index contributed by atoms with van der Waals surface area (Å²) in [6.07, 6.45) is 6.24. The zero-order chi connectivity index (χ0) is 15.3. The van der Waals surface area contributed by atoms with Crippen LogP contribution in [0.2, 0.25) is 0 Å². The Labute approximate surface area is 132 Å². The molecule has 116 valence electrons. The quantitative estimate of drug-likeness (QED) is 0.915. The highest BCUT2D eigenvalue weighted by atomic mass is 32.2. The van der Waals surface area contributed by atoms with Gasteiger partial charge in [-0.2, -0.15) is 0 Å². The number of hydrogen-bond donors (Lipinski definition) is 1. The molecule has 0 unspecified atom stereocenters. The van der Waals surface area contributed by atoms with Crippen LogP contribution in [-0.4, -0.2) is 36.8 Å². The molecule has 1 fully saturated rings. The lowest BCUT2D eigenvalue weighted by Crippen LogP contribution is -2.44. The number of benzene rings is 1. The topological polar surface area (TPSA) is 32.3 Å².